The first-order valence-corrected chi connectivity index (χ1v) is 13.3. The molecule has 1 fully saturated rings. The first kappa shape index (κ1) is 24.8. The highest BCUT2D eigenvalue weighted by atomic mass is 32.1. The molecule has 36 heavy (non-hydrogen) atoms. The fourth-order valence-electron chi connectivity index (χ4n) is 4.48. The normalized spacial score (nSPS) is 18.2. The first-order chi connectivity index (χ1) is 17.0. The molecule has 0 radical (unpaired) electrons. The minimum Gasteiger partial charge on any atom is -0.386 e. The second-order valence-electron chi connectivity index (χ2n) is 9.74. The maximum atomic E-state index is 13.8. The summed E-state index contributed by atoms with van der Waals surface area (Å²) in [7, 11) is 1.60. The maximum absolute atomic E-state index is 13.8. The Morgan fingerprint density at radius 2 is 2.06 bits per heavy atom. The summed E-state index contributed by atoms with van der Waals surface area (Å²) in [5.74, 6) is -0.386. The number of thiophene rings is 1. The van der Waals surface area contributed by atoms with Crippen LogP contribution in [0.15, 0.2) is 16.4 Å². The highest BCUT2D eigenvalue weighted by Gasteiger charge is 2.39. The molecule has 12 heteroatoms. The van der Waals surface area contributed by atoms with Gasteiger partial charge in [0, 0.05) is 41.2 Å². The molecule has 4 aromatic rings. The predicted octanol–water partition coefficient (Wildman–Crippen LogP) is 3.11. The summed E-state index contributed by atoms with van der Waals surface area (Å²) < 4.78 is 3.81. The summed E-state index contributed by atoms with van der Waals surface area (Å²) in [6, 6.07) is 0. The molecule has 0 saturated carbocycles. The second-order valence-corrected chi connectivity index (χ2v) is 11.7. The summed E-state index contributed by atoms with van der Waals surface area (Å²) in [5, 5.41) is 23.8. The monoisotopic (exact) mass is 528 g/mol. The van der Waals surface area contributed by atoms with Crippen LogP contribution in [0.4, 0.5) is 0 Å². The van der Waals surface area contributed by atoms with Gasteiger partial charge < -0.3 is 5.11 Å². The molecular formula is C24H28N6O4S2. The lowest BCUT2D eigenvalue weighted by Gasteiger charge is -2.17. The van der Waals surface area contributed by atoms with Crippen molar-refractivity contribution in [3.8, 4) is 5.13 Å². The molecular weight excluding hydrogens is 500 g/mol. The average Bonchev–Trinajstić information content (AvgIpc) is 3.59. The lowest BCUT2D eigenvalue weighted by Crippen LogP contribution is -2.35. The number of aryl methyl sites for hydroxylation is 2. The molecule has 5 rings (SSSR count). The molecule has 0 aromatic carbocycles. The number of hydrogen-bond acceptors (Lipinski definition) is 9. The molecule has 0 aliphatic carbocycles. The van der Waals surface area contributed by atoms with Crippen LogP contribution in [0, 0.1) is 13.8 Å². The fourth-order valence-corrected chi connectivity index (χ4v) is 6.55. The Bertz CT molecular complexity index is 1530. The molecule has 10 nitrogen and oxygen atoms in total. The molecule has 190 valence electrons. The topological polar surface area (TPSA) is 115 Å². The van der Waals surface area contributed by atoms with Crippen molar-refractivity contribution < 1.29 is 14.7 Å². The van der Waals surface area contributed by atoms with Gasteiger partial charge in [-0.25, -0.2) is 19.4 Å². The predicted molar refractivity (Wildman–Crippen MR) is 138 cm³/mol. The lowest BCUT2D eigenvalue weighted by molar-refractivity contribution is -0.0796. The van der Waals surface area contributed by atoms with Gasteiger partial charge in [-0.15, -0.1) is 22.7 Å². The van der Waals surface area contributed by atoms with Crippen LogP contribution in [0.25, 0.3) is 15.2 Å². The van der Waals surface area contributed by atoms with Crippen LogP contribution < -0.4 is 5.56 Å². The van der Waals surface area contributed by atoms with Crippen LogP contribution in [-0.4, -0.2) is 59.4 Å². The molecule has 5 heterocycles. The SMILES string of the molecule is Cc1nn(-c2nccs2)c(C)c1Cc1sc2c(C(C)C)nn(C)c(=O)c2c1C(=O)N1C[C@](C)(O)CO1. The smallest absolute Gasteiger partial charge is 0.279 e. The number of fused-ring (bicyclic) bond motifs is 1. The Morgan fingerprint density at radius 1 is 1.31 bits per heavy atom. The van der Waals surface area contributed by atoms with Crippen molar-refractivity contribution in [3.63, 3.8) is 0 Å². The van der Waals surface area contributed by atoms with E-state index in [0.717, 1.165) is 32.7 Å². The molecule has 1 aliphatic rings. The zero-order valence-corrected chi connectivity index (χ0v) is 22.7. The Hall–Kier alpha value is -2.93. The molecule has 1 atom stereocenters. The van der Waals surface area contributed by atoms with Gasteiger partial charge in [0.25, 0.3) is 11.5 Å². The van der Waals surface area contributed by atoms with E-state index in [9.17, 15) is 14.7 Å². The van der Waals surface area contributed by atoms with Crippen molar-refractivity contribution in [1.82, 2.24) is 29.6 Å². The van der Waals surface area contributed by atoms with Crippen LogP contribution >= 0.6 is 22.7 Å². The number of rotatable bonds is 5. The van der Waals surface area contributed by atoms with Crippen LogP contribution in [0.1, 0.15) is 64.6 Å². The van der Waals surface area contributed by atoms with E-state index in [1.54, 1.807) is 20.2 Å². The number of amides is 1. The van der Waals surface area contributed by atoms with E-state index in [0.29, 0.717) is 22.1 Å². The highest BCUT2D eigenvalue weighted by Crippen LogP contribution is 2.37. The number of thiazole rings is 1. The lowest BCUT2D eigenvalue weighted by atomic mass is 10.0. The van der Waals surface area contributed by atoms with Crippen molar-refractivity contribution in [2.24, 2.45) is 7.05 Å². The van der Waals surface area contributed by atoms with Gasteiger partial charge in [-0.05, 0) is 26.7 Å². The van der Waals surface area contributed by atoms with Crippen molar-refractivity contribution >= 4 is 38.7 Å². The molecule has 1 aliphatic heterocycles. The minimum atomic E-state index is -1.15. The van der Waals surface area contributed by atoms with E-state index in [1.807, 2.05) is 37.8 Å². The average molecular weight is 529 g/mol. The van der Waals surface area contributed by atoms with Gasteiger partial charge in [-0.2, -0.15) is 10.2 Å². The third-order valence-corrected chi connectivity index (χ3v) is 8.32. The number of hydroxylamine groups is 2. The summed E-state index contributed by atoms with van der Waals surface area (Å²) >= 11 is 2.91. The Morgan fingerprint density at radius 3 is 2.67 bits per heavy atom. The zero-order valence-electron chi connectivity index (χ0n) is 21.0. The van der Waals surface area contributed by atoms with E-state index in [4.69, 9.17) is 4.84 Å². The molecule has 4 aromatic heterocycles. The zero-order chi connectivity index (χ0) is 25.9. The van der Waals surface area contributed by atoms with Crippen LogP contribution in [-0.2, 0) is 18.3 Å². The Kier molecular flexibility index (Phi) is 6.10. The van der Waals surface area contributed by atoms with Crippen molar-refractivity contribution in [1.29, 1.82) is 0 Å². The molecule has 1 N–H and O–H groups in total. The number of nitrogens with zero attached hydrogens (tertiary/aromatic N) is 6. The fraction of sp³-hybridized carbons (Fsp3) is 0.458. The summed E-state index contributed by atoms with van der Waals surface area (Å²) in [4.78, 5) is 37.8. The number of aliphatic hydroxyl groups is 1. The Labute approximate surface area is 215 Å². The van der Waals surface area contributed by atoms with Gasteiger partial charge in [0.2, 0.25) is 5.13 Å². The van der Waals surface area contributed by atoms with E-state index >= 15 is 0 Å². The largest absolute Gasteiger partial charge is 0.386 e. The minimum absolute atomic E-state index is 0.00571. The molecule has 1 amide bonds. The number of β-amino-alcohol motifs (C(OH)–C–C–N with tert-alkyl or cyclic N) is 1. The molecule has 0 unspecified atom stereocenters. The van der Waals surface area contributed by atoms with E-state index in [1.165, 1.54) is 32.4 Å². The molecule has 0 spiro atoms. The quantitative estimate of drug-likeness (QED) is 0.423. The summed E-state index contributed by atoms with van der Waals surface area (Å²) in [6.45, 7) is 9.58. The standard InChI is InChI=1S/C24H28N6O4S2/c1-12(2)19-20-18(21(31)28(6)27-19)17(22(32)29-10-24(5,33)11-34-29)16(36-20)9-15-13(3)26-30(14(15)4)23-25-7-8-35-23/h7-8,12,33H,9-11H2,1-6H3/t24-/m0/s1. The molecule has 1 saturated heterocycles. The summed E-state index contributed by atoms with van der Waals surface area (Å²) in [5.41, 5.74) is 2.30. The van der Waals surface area contributed by atoms with Crippen LogP contribution in [0.3, 0.4) is 0 Å². The van der Waals surface area contributed by atoms with Crippen molar-refractivity contribution in [2.75, 3.05) is 13.2 Å². The van der Waals surface area contributed by atoms with E-state index in [-0.39, 0.29) is 24.6 Å². The van der Waals surface area contributed by atoms with Gasteiger partial charge in [-0.3, -0.25) is 14.4 Å². The van der Waals surface area contributed by atoms with Crippen LogP contribution in [0.2, 0.25) is 0 Å². The number of hydrogen-bond donors (Lipinski definition) is 1. The Balaban J connectivity index is 1.71. The van der Waals surface area contributed by atoms with Gasteiger partial charge >= 0.3 is 0 Å². The highest BCUT2D eigenvalue weighted by molar-refractivity contribution is 7.19. The van der Waals surface area contributed by atoms with Crippen LogP contribution in [0.5, 0.6) is 0 Å². The van der Waals surface area contributed by atoms with E-state index < -0.39 is 11.5 Å². The van der Waals surface area contributed by atoms with Gasteiger partial charge in [0.15, 0.2) is 0 Å². The third-order valence-electron chi connectivity index (χ3n) is 6.36. The van der Waals surface area contributed by atoms with Crippen molar-refractivity contribution in [2.45, 2.75) is 52.6 Å². The second kappa shape index (κ2) is 8.87. The van der Waals surface area contributed by atoms with E-state index in [2.05, 4.69) is 15.2 Å². The van der Waals surface area contributed by atoms with Gasteiger partial charge in [0.05, 0.1) is 33.6 Å². The molecule has 0 bridgehead atoms. The maximum Gasteiger partial charge on any atom is 0.279 e. The number of aromatic nitrogens is 5. The number of carbonyl (C=O) groups is 1. The first-order valence-electron chi connectivity index (χ1n) is 11.6. The van der Waals surface area contributed by atoms with Gasteiger partial charge in [-0.1, -0.05) is 13.8 Å². The third kappa shape index (κ3) is 4.07. The number of carbonyl (C=O) groups excluding carboxylic acids is 1. The van der Waals surface area contributed by atoms with Crippen molar-refractivity contribution in [3.05, 3.63) is 55.0 Å². The van der Waals surface area contributed by atoms with Gasteiger partial charge in [0.1, 0.15) is 12.2 Å². The summed E-state index contributed by atoms with van der Waals surface area (Å²) in [6.07, 6.45) is 2.15.